The Kier molecular flexibility index (Phi) is 6.91. The number of thioether (sulfide) groups is 1. The number of nitrogens with zero attached hydrogens (tertiary/aromatic N) is 2. The Balaban J connectivity index is 1.52. The van der Waals surface area contributed by atoms with Gasteiger partial charge in [-0.2, -0.15) is 13.2 Å². The van der Waals surface area contributed by atoms with Crippen molar-refractivity contribution in [2.45, 2.75) is 48.9 Å². The molecular formula is C20H25F3N2O2S. The first-order valence-electron chi connectivity index (χ1n) is 9.77. The van der Waals surface area contributed by atoms with E-state index in [4.69, 9.17) is 0 Å². The fourth-order valence-corrected chi connectivity index (χ4v) is 4.40. The molecule has 4 nitrogen and oxygen atoms in total. The van der Waals surface area contributed by atoms with Gasteiger partial charge < -0.3 is 9.80 Å². The highest BCUT2D eigenvalue weighted by molar-refractivity contribution is 8.00. The Morgan fingerprint density at radius 2 is 1.43 bits per heavy atom. The molecule has 0 N–H and O–H groups in total. The Hall–Kier alpha value is -1.70. The molecular weight excluding hydrogens is 389 g/mol. The summed E-state index contributed by atoms with van der Waals surface area (Å²) in [6, 6.07) is 5.51. The van der Waals surface area contributed by atoms with Gasteiger partial charge in [-0.3, -0.25) is 9.59 Å². The summed E-state index contributed by atoms with van der Waals surface area (Å²) in [4.78, 5) is 29.1. The lowest BCUT2D eigenvalue weighted by molar-refractivity contribution is -0.136. The summed E-state index contributed by atoms with van der Waals surface area (Å²) >= 11 is -0.192. The number of hydrogen-bond donors (Lipinski definition) is 0. The molecule has 0 radical (unpaired) electrons. The van der Waals surface area contributed by atoms with Crippen LogP contribution < -0.4 is 0 Å². The first-order chi connectivity index (χ1) is 13.3. The number of piperidine rings is 1. The molecule has 0 saturated carbocycles. The molecule has 0 bridgehead atoms. The van der Waals surface area contributed by atoms with Crippen LogP contribution in [-0.4, -0.2) is 53.3 Å². The zero-order valence-electron chi connectivity index (χ0n) is 15.7. The molecule has 2 amide bonds. The molecule has 3 rings (SSSR count). The second-order valence-electron chi connectivity index (χ2n) is 7.38. The predicted octanol–water partition coefficient (Wildman–Crippen LogP) is 4.55. The topological polar surface area (TPSA) is 40.6 Å². The van der Waals surface area contributed by atoms with E-state index in [1.165, 1.54) is 37.1 Å². The molecule has 8 heteroatoms. The van der Waals surface area contributed by atoms with E-state index in [1.807, 2.05) is 4.90 Å². The SMILES string of the molecule is O=C(c1ccc(SC(F)(F)F)cc1)N1CCC(C(=O)N2CCCCCC2)CC1. The average molecular weight is 414 g/mol. The normalized spacial score (nSPS) is 19.4. The van der Waals surface area contributed by atoms with Gasteiger partial charge in [0, 0.05) is 42.6 Å². The van der Waals surface area contributed by atoms with Gasteiger partial charge in [-0.1, -0.05) is 12.8 Å². The third-order valence-electron chi connectivity index (χ3n) is 5.38. The number of rotatable bonds is 3. The van der Waals surface area contributed by atoms with E-state index < -0.39 is 5.51 Å². The number of carbonyl (C=O) groups excluding carboxylic acids is 2. The van der Waals surface area contributed by atoms with Gasteiger partial charge in [-0.05, 0) is 61.7 Å². The second kappa shape index (κ2) is 9.20. The van der Waals surface area contributed by atoms with E-state index >= 15 is 0 Å². The number of likely N-dealkylation sites (tertiary alicyclic amines) is 2. The molecule has 2 fully saturated rings. The molecule has 0 aliphatic carbocycles. The van der Waals surface area contributed by atoms with Gasteiger partial charge in [0.1, 0.15) is 0 Å². The smallest absolute Gasteiger partial charge is 0.342 e. The molecule has 2 heterocycles. The monoisotopic (exact) mass is 414 g/mol. The maximum Gasteiger partial charge on any atom is 0.446 e. The van der Waals surface area contributed by atoms with E-state index in [0.29, 0.717) is 31.5 Å². The van der Waals surface area contributed by atoms with Crippen molar-refractivity contribution in [3.63, 3.8) is 0 Å². The van der Waals surface area contributed by atoms with Crippen molar-refractivity contribution < 1.29 is 22.8 Å². The summed E-state index contributed by atoms with van der Waals surface area (Å²) in [5, 5.41) is 0. The molecule has 0 spiro atoms. The predicted molar refractivity (Wildman–Crippen MR) is 102 cm³/mol. The van der Waals surface area contributed by atoms with Crippen LogP contribution in [0.15, 0.2) is 29.2 Å². The van der Waals surface area contributed by atoms with Crippen LogP contribution in [-0.2, 0) is 4.79 Å². The number of hydrogen-bond acceptors (Lipinski definition) is 3. The van der Waals surface area contributed by atoms with E-state index in [9.17, 15) is 22.8 Å². The zero-order valence-corrected chi connectivity index (χ0v) is 16.5. The lowest BCUT2D eigenvalue weighted by Gasteiger charge is -2.34. The molecule has 0 atom stereocenters. The summed E-state index contributed by atoms with van der Waals surface area (Å²) in [7, 11) is 0. The second-order valence-corrected chi connectivity index (χ2v) is 8.52. The minimum atomic E-state index is -4.34. The maximum absolute atomic E-state index is 12.7. The molecule has 1 aromatic rings. The van der Waals surface area contributed by atoms with Gasteiger partial charge >= 0.3 is 5.51 Å². The van der Waals surface area contributed by atoms with E-state index in [0.717, 1.165) is 25.9 Å². The molecule has 1 aromatic carbocycles. The van der Waals surface area contributed by atoms with Crippen LogP contribution in [0.3, 0.4) is 0 Å². The summed E-state index contributed by atoms with van der Waals surface area (Å²) in [6.45, 7) is 2.67. The van der Waals surface area contributed by atoms with Crippen molar-refractivity contribution in [3.05, 3.63) is 29.8 Å². The Morgan fingerprint density at radius 1 is 0.857 bits per heavy atom. The lowest BCUT2D eigenvalue weighted by atomic mass is 9.94. The highest BCUT2D eigenvalue weighted by Crippen LogP contribution is 2.36. The van der Waals surface area contributed by atoms with Crippen LogP contribution in [0.5, 0.6) is 0 Å². The number of amides is 2. The zero-order chi connectivity index (χ0) is 20.1. The number of carbonyl (C=O) groups is 2. The van der Waals surface area contributed by atoms with Gasteiger partial charge in [0.25, 0.3) is 5.91 Å². The van der Waals surface area contributed by atoms with Crippen LogP contribution in [0, 0.1) is 5.92 Å². The fraction of sp³-hybridized carbons (Fsp3) is 0.600. The standard InChI is InChI=1S/C20H25F3N2O2S/c21-20(22,23)28-17-7-5-15(6-8-17)18(26)25-13-9-16(10-14-25)19(27)24-11-3-1-2-4-12-24/h5-8,16H,1-4,9-14H2. The highest BCUT2D eigenvalue weighted by Gasteiger charge is 2.31. The molecule has 2 aliphatic rings. The van der Waals surface area contributed by atoms with Crippen LogP contribution in [0.1, 0.15) is 48.9 Å². The van der Waals surface area contributed by atoms with Gasteiger partial charge in [-0.25, -0.2) is 0 Å². The highest BCUT2D eigenvalue weighted by atomic mass is 32.2. The molecule has 2 saturated heterocycles. The van der Waals surface area contributed by atoms with Gasteiger partial charge in [0.15, 0.2) is 0 Å². The van der Waals surface area contributed by atoms with Crippen molar-refractivity contribution in [3.8, 4) is 0 Å². The van der Waals surface area contributed by atoms with Crippen LogP contribution in [0.4, 0.5) is 13.2 Å². The summed E-state index contributed by atoms with van der Waals surface area (Å²) in [5.74, 6) is -0.0144. The summed E-state index contributed by atoms with van der Waals surface area (Å²) in [5.41, 5.74) is -3.96. The summed E-state index contributed by atoms with van der Waals surface area (Å²) in [6.07, 6.45) is 5.76. The van der Waals surface area contributed by atoms with Crippen molar-refractivity contribution >= 4 is 23.6 Å². The lowest BCUT2D eigenvalue weighted by Crippen LogP contribution is -2.44. The fourth-order valence-electron chi connectivity index (χ4n) is 3.86. The van der Waals surface area contributed by atoms with Crippen molar-refractivity contribution in [2.24, 2.45) is 5.92 Å². The largest absolute Gasteiger partial charge is 0.446 e. The molecule has 2 aliphatic heterocycles. The molecule has 0 aromatic heterocycles. The van der Waals surface area contributed by atoms with Crippen LogP contribution >= 0.6 is 11.8 Å². The molecule has 154 valence electrons. The van der Waals surface area contributed by atoms with Crippen LogP contribution in [0.25, 0.3) is 0 Å². The number of alkyl halides is 3. The minimum Gasteiger partial charge on any atom is -0.342 e. The van der Waals surface area contributed by atoms with Gasteiger partial charge in [0.2, 0.25) is 5.91 Å². The van der Waals surface area contributed by atoms with Crippen molar-refractivity contribution in [1.82, 2.24) is 9.80 Å². The third-order valence-corrected chi connectivity index (χ3v) is 6.12. The van der Waals surface area contributed by atoms with E-state index in [2.05, 4.69) is 0 Å². The van der Waals surface area contributed by atoms with Crippen LogP contribution in [0.2, 0.25) is 0 Å². The first-order valence-corrected chi connectivity index (χ1v) is 10.6. The maximum atomic E-state index is 12.7. The minimum absolute atomic E-state index is 0.0345. The van der Waals surface area contributed by atoms with Gasteiger partial charge in [0.05, 0.1) is 0 Å². The average Bonchev–Trinajstić information content (AvgIpc) is 2.96. The molecule has 28 heavy (non-hydrogen) atoms. The molecule has 0 unspecified atom stereocenters. The first kappa shape index (κ1) is 21.0. The van der Waals surface area contributed by atoms with E-state index in [1.54, 1.807) is 4.90 Å². The van der Waals surface area contributed by atoms with Gasteiger partial charge in [-0.15, -0.1) is 0 Å². The third kappa shape index (κ3) is 5.65. The van der Waals surface area contributed by atoms with E-state index in [-0.39, 0.29) is 34.4 Å². The Bertz CT molecular complexity index is 678. The van der Waals surface area contributed by atoms with Crippen molar-refractivity contribution in [1.29, 1.82) is 0 Å². The number of halogens is 3. The quantitative estimate of drug-likeness (QED) is 0.681. The Morgan fingerprint density at radius 3 is 1.96 bits per heavy atom. The summed E-state index contributed by atoms with van der Waals surface area (Å²) < 4.78 is 37.2. The van der Waals surface area contributed by atoms with Crippen molar-refractivity contribution in [2.75, 3.05) is 26.2 Å². The number of benzene rings is 1. The Labute approximate surface area is 167 Å².